The molecule has 0 amide bonds. The number of amidine groups is 1. The fourth-order valence-corrected chi connectivity index (χ4v) is 3.46. The number of nitrogens with one attached hydrogen (secondary N) is 1. The van der Waals surface area contributed by atoms with Gasteiger partial charge in [-0.25, -0.2) is 0 Å². The summed E-state index contributed by atoms with van der Waals surface area (Å²) in [4.78, 5) is 4.65. The van der Waals surface area contributed by atoms with Gasteiger partial charge >= 0.3 is 0 Å². The van der Waals surface area contributed by atoms with Gasteiger partial charge in [-0.1, -0.05) is 48.5 Å². The van der Waals surface area contributed by atoms with Gasteiger partial charge in [0.15, 0.2) is 0 Å². The first-order chi connectivity index (χ1) is 14.1. The maximum absolute atomic E-state index is 8.38. The number of hydrogen-bond donors (Lipinski definition) is 1. The van der Waals surface area contributed by atoms with Crippen molar-refractivity contribution >= 4 is 29.6 Å². The van der Waals surface area contributed by atoms with E-state index in [0.717, 1.165) is 57.1 Å². The third kappa shape index (κ3) is 7.52. The molecule has 0 bridgehead atoms. The van der Waals surface area contributed by atoms with E-state index in [1.807, 2.05) is 30.3 Å². The molecule has 0 unspecified atom stereocenters. The molecular formula is C22H29Cl2N3O2. The van der Waals surface area contributed by atoms with E-state index in [-0.39, 0.29) is 0 Å². The summed E-state index contributed by atoms with van der Waals surface area (Å²) in [7, 11) is 0. The fraction of sp³-hybridized carbons (Fsp3) is 0.409. The number of para-hydroxylation sites is 1. The predicted molar refractivity (Wildman–Crippen MR) is 120 cm³/mol. The standard InChI is InChI=1S/C22H29N3O.Cl2O/c1-18-8-6-9-19(2)21(18)26-17-7-12-24-13-15-25(16-14-24)22(23)20-10-4-3-5-11-20;1-3-2/h3-6,8-11,23H,7,12-17H2,1-2H3;. The van der Waals surface area contributed by atoms with E-state index in [0.29, 0.717) is 5.84 Å². The lowest BCUT2D eigenvalue weighted by molar-refractivity contribution is 0.169. The lowest BCUT2D eigenvalue weighted by atomic mass is 10.1. The van der Waals surface area contributed by atoms with Crippen LogP contribution >= 0.6 is 23.7 Å². The van der Waals surface area contributed by atoms with E-state index in [9.17, 15) is 0 Å². The highest BCUT2D eigenvalue weighted by Gasteiger charge is 2.19. The second-order valence-electron chi connectivity index (χ2n) is 7.02. The van der Waals surface area contributed by atoms with Crippen molar-refractivity contribution < 1.29 is 8.58 Å². The molecule has 2 aromatic carbocycles. The third-order valence-electron chi connectivity index (χ3n) is 5.01. The number of aryl methyl sites for hydroxylation is 2. The average Bonchev–Trinajstić information content (AvgIpc) is 2.74. The Bertz CT molecular complexity index is 731. The molecule has 0 radical (unpaired) electrons. The molecule has 7 heteroatoms. The van der Waals surface area contributed by atoms with Crippen molar-refractivity contribution in [3.63, 3.8) is 0 Å². The molecule has 1 saturated heterocycles. The Morgan fingerprint density at radius 1 is 0.931 bits per heavy atom. The fourth-order valence-electron chi connectivity index (χ4n) is 3.46. The second-order valence-corrected chi connectivity index (χ2v) is 7.49. The SMILES string of the molecule is Cc1cccc(C)c1OCCCN1CCN(C(=N)c2ccccc2)CC1.ClOCl. The van der Waals surface area contributed by atoms with Crippen LogP contribution in [0, 0.1) is 19.3 Å². The van der Waals surface area contributed by atoms with E-state index < -0.39 is 0 Å². The van der Waals surface area contributed by atoms with Gasteiger partial charge in [0.25, 0.3) is 0 Å². The van der Waals surface area contributed by atoms with Crippen LogP contribution in [0.4, 0.5) is 0 Å². The van der Waals surface area contributed by atoms with Crippen LogP contribution < -0.4 is 4.74 Å². The van der Waals surface area contributed by atoms with Crippen LogP contribution in [0.25, 0.3) is 0 Å². The summed E-state index contributed by atoms with van der Waals surface area (Å²) in [6.07, 6.45) is 1.03. The first-order valence-corrected chi connectivity index (χ1v) is 10.4. The quantitative estimate of drug-likeness (QED) is 0.391. The normalized spacial score (nSPS) is 14.1. The van der Waals surface area contributed by atoms with E-state index in [2.05, 4.69) is 69.4 Å². The van der Waals surface area contributed by atoms with Gasteiger partial charge in [0.05, 0.1) is 30.3 Å². The van der Waals surface area contributed by atoms with Gasteiger partial charge in [0.2, 0.25) is 0 Å². The molecule has 0 aromatic heterocycles. The first kappa shape index (κ1) is 23.5. The molecule has 5 nitrogen and oxygen atoms in total. The molecule has 3 rings (SSSR count). The summed E-state index contributed by atoms with van der Waals surface area (Å²) in [5.74, 6) is 1.68. The Morgan fingerprint density at radius 3 is 2.10 bits per heavy atom. The number of piperazine rings is 1. The van der Waals surface area contributed by atoms with Gasteiger partial charge in [-0.3, -0.25) is 10.3 Å². The van der Waals surface area contributed by atoms with Crippen LogP contribution in [0.1, 0.15) is 23.1 Å². The predicted octanol–water partition coefficient (Wildman–Crippen LogP) is 5.03. The van der Waals surface area contributed by atoms with E-state index in [1.165, 1.54) is 11.1 Å². The molecule has 2 aromatic rings. The zero-order valence-corrected chi connectivity index (χ0v) is 18.5. The van der Waals surface area contributed by atoms with Gasteiger partial charge in [0.1, 0.15) is 11.6 Å². The molecule has 0 spiro atoms. The lowest BCUT2D eigenvalue weighted by Crippen LogP contribution is -2.49. The van der Waals surface area contributed by atoms with E-state index in [1.54, 1.807) is 0 Å². The summed E-state index contributed by atoms with van der Waals surface area (Å²) >= 11 is 8.53. The van der Waals surface area contributed by atoms with Crippen molar-refractivity contribution in [3.05, 3.63) is 65.2 Å². The molecule has 1 aliphatic rings. The minimum atomic E-state index is 0.642. The number of hydrogen-bond acceptors (Lipinski definition) is 4. The summed E-state index contributed by atoms with van der Waals surface area (Å²) in [6.45, 7) is 9.88. The Labute approximate surface area is 184 Å². The Hall–Kier alpha value is -1.79. The molecule has 29 heavy (non-hydrogen) atoms. The minimum Gasteiger partial charge on any atom is -0.493 e. The maximum Gasteiger partial charge on any atom is 0.128 e. The molecule has 1 heterocycles. The van der Waals surface area contributed by atoms with Crippen LogP contribution in [-0.2, 0) is 3.84 Å². The summed E-state index contributed by atoms with van der Waals surface area (Å²) in [6, 6.07) is 16.3. The van der Waals surface area contributed by atoms with Gasteiger partial charge in [-0.2, -0.15) is 3.84 Å². The number of rotatable bonds is 6. The third-order valence-corrected chi connectivity index (χ3v) is 5.01. The van der Waals surface area contributed by atoms with Crippen molar-refractivity contribution in [2.75, 3.05) is 39.3 Å². The Morgan fingerprint density at radius 2 is 1.52 bits per heavy atom. The summed E-state index contributed by atoms with van der Waals surface area (Å²) < 4.78 is 9.20. The van der Waals surface area contributed by atoms with Gasteiger partial charge < -0.3 is 9.64 Å². The van der Waals surface area contributed by atoms with Crippen molar-refractivity contribution in [2.24, 2.45) is 0 Å². The van der Waals surface area contributed by atoms with Gasteiger partial charge in [0, 0.05) is 38.3 Å². The minimum absolute atomic E-state index is 0.642. The van der Waals surface area contributed by atoms with Crippen molar-refractivity contribution in [1.29, 1.82) is 5.41 Å². The van der Waals surface area contributed by atoms with Crippen LogP contribution in [0.2, 0.25) is 0 Å². The first-order valence-electron chi connectivity index (χ1n) is 9.76. The molecular weight excluding hydrogens is 409 g/mol. The maximum atomic E-state index is 8.38. The highest BCUT2D eigenvalue weighted by atomic mass is 35.6. The second kappa shape index (κ2) is 12.7. The molecule has 0 atom stereocenters. The highest BCUT2D eigenvalue weighted by molar-refractivity contribution is 6.24. The molecule has 1 fully saturated rings. The van der Waals surface area contributed by atoms with Gasteiger partial charge in [-0.15, -0.1) is 0 Å². The Balaban J connectivity index is 0.000000941. The van der Waals surface area contributed by atoms with E-state index >= 15 is 0 Å². The molecule has 1 aliphatic heterocycles. The topological polar surface area (TPSA) is 48.8 Å². The summed E-state index contributed by atoms with van der Waals surface area (Å²) in [5.41, 5.74) is 3.42. The van der Waals surface area contributed by atoms with E-state index in [4.69, 9.17) is 10.1 Å². The molecule has 1 N–H and O–H groups in total. The van der Waals surface area contributed by atoms with Crippen molar-refractivity contribution in [2.45, 2.75) is 20.3 Å². The van der Waals surface area contributed by atoms with Crippen LogP contribution in [-0.4, -0.2) is 55.0 Å². The number of nitrogens with zero attached hydrogens (tertiary/aromatic N) is 2. The Kier molecular flexibility index (Phi) is 10.3. The number of halogens is 2. The number of ether oxygens (including phenoxy) is 1. The zero-order chi connectivity index (χ0) is 21.1. The molecule has 158 valence electrons. The van der Waals surface area contributed by atoms with Gasteiger partial charge in [-0.05, 0) is 31.4 Å². The average molecular weight is 438 g/mol. The number of benzene rings is 2. The monoisotopic (exact) mass is 437 g/mol. The lowest BCUT2D eigenvalue weighted by Gasteiger charge is -2.36. The summed E-state index contributed by atoms with van der Waals surface area (Å²) in [5, 5.41) is 8.38. The smallest absolute Gasteiger partial charge is 0.128 e. The molecule has 0 aliphatic carbocycles. The van der Waals surface area contributed by atoms with Crippen LogP contribution in [0.3, 0.4) is 0 Å². The van der Waals surface area contributed by atoms with Crippen molar-refractivity contribution in [1.82, 2.24) is 9.80 Å². The highest BCUT2D eigenvalue weighted by Crippen LogP contribution is 2.22. The van der Waals surface area contributed by atoms with Crippen molar-refractivity contribution in [3.8, 4) is 5.75 Å². The van der Waals surface area contributed by atoms with Crippen LogP contribution in [0.15, 0.2) is 48.5 Å². The molecule has 0 saturated carbocycles. The van der Waals surface area contributed by atoms with Crippen LogP contribution in [0.5, 0.6) is 5.75 Å². The zero-order valence-electron chi connectivity index (χ0n) is 17.0. The largest absolute Gasteiger partial charge is 0.493 e.